The lowest BCUT2D eigenvalue weighted by molar-refractivity contribution is -0.130. The Morgan fingerprint density at radius 1 is 0.357 bits per heavy atom. The van der Waals surface area contributed by atoms with Crippen molar-refractivity contribution in [1.29, 1.82) is 0 Å². The van der Waals surface area contributed by atoms with Gasteiger partial charge in [0.25, 0.3) is 17.7 Å². The minimum absolute atomic E-state index is 0.188. The lowest BCUT2D eigenvalue weighted by Gasteiger charge is -2.26. The first kappa shape index (κ1) is 56.4. The van der Waals surface area contributed by atoms with Gasteiger partial charge in [-0.2, -0.15) is 0 Å². The Bertz CT molecular complexity index is 3610. The third kappa shape index (κ3) is 10.3. The summed E-state index contributed by atoms with van der Waals surface area (Å²) < 4.78 is 0. The molecule has 3 aromatic carbocycles. The maximum atomic E-state index is 13.4. The topological polar surface area (TPSA) is 292 Å². The van der Waals surface area contributed by atoms with Gasteiger partial charge in [0.05, 0.1) is 0 Å². The van der Waals surface area contributed by atoms with Crippen LogP contribution in [0.2, 0.25) is 0 Å². The summed E-state index contributed by atoms with van der Waals surface area (Å²) >= 11 is 0. The van der Waals surface area contributed by atoms with Crippen molar-refractivity contribution in [2.75, 3.05) is 21.1 Å². The fourth-order valence-electron chi connectivity index (χ4n) is 10.4. The van der Waals surface area contributed by atoms with E-state index < -0.39 is 16.6 Å². The van der Waals surface area contributed by atoms with Crippen LogP contribution in [-0.4, -0.2) is 116 Å². The summed E-state index contributed by atoms with van der Waals surface area (Å²) in [6.45, 7) is 6.07. The van der Waals surface area contributed by atoms with Gasteiger partial charge in [-0.05, 0) is 124 Å². The van der Waals surface area contributed by atoms with E-state index in [1.54, 1.807) is 76.9 Å². The van der Waals surface area contributed by atoms with Gasteiger partial charge < -0.3 is 17.2 Å². The largest absolute Gasteiger partial charge is 0.369 e. The van der Waals surface area contributed by atoms with Gasteiger partial charge in [0.2, 0.25) is 0 Å². The Morgan fingerprint density at radius 2 is 0.607 bits per heavy atom. The van der Waals surface area contributed by atoms with Crippen LogP contribution < -0.4 is 17.2 Å². The number of nitrogens with zero attached hydrogens (tertiary/aromatic N) is 15. The summed E-state index contributed by atoms with van der Waals surface area (Å²) in [5, 5.41) is 0. The molecule has 0 spiro atoms. The normalized spacial score (nSPS) is 19.0. The molecule has 0 aliphatic carbocycles. The van der Waals surface area contributed by atoms with Crippen LogP contribution in [0.1, 0.15) is 71.2 Å². The van der Waals surface area contributed by atoms with Crippen LogP contribution in [0.3, 0.4) is 0 Å². The van der Waals surface area contributed by atoms with Crippen LogP contribution in [-0.2, 0) is 50.3 Å². The fourth-order valence-corrected chi connectivity index (χ4v) is 10.4. The molecule has 9 aromatic rings. The average Bonchev–Trinajstić information content (AvgIpc) is 3.00. The third-order valence-corrected chi connectivity index (χ3v) is 15.0. The van der Waals surface area contributed by atoms with Gasteiger partial charge in [0.15, 0.2) is 34.5 Å². The van der Waals surface area contributed by atoms with Crippen molar-refractivity contribution in [3.63, 3.8) is 0 Å². The molecule has 1 unspecified atom stereocenters. The lowest BCUT2D eigenvalue weighted by atomic mass is 9.82. The standard InChI is InChI=1S/3C21H20N6O/c3*1-3-18-10-17(7-8-25-18)21(19(28)27(2)20(22)26-21)16-6-4-5-14(9-16)15-11-23-13-24-12-15/h3*4-13H,3H2,1-2H3,(H2,22,26)/t2*21-;/m10./s1. The number of rotatable bonds is 12. The zero-order chi connectivity index (χ0) is 59.2. The predicted octanol–water partition coefficient (Wildman–Crippen LogP) is 6.39. The van der Waals surface area contributed by atoms with E-state index in [2.05, 4.69) is 59.8 Å². The molecule has 420 valence electrons. The molecule has 3 aliphatic heterocycles. The zero-order valence-electron chi connectivity index (χ0n) is 47.1. The SMILES string of the molecule is CCc1cc(C2(c3cccc(-c4cncnc4)c3)N=C(N)N(C)C2=O)ccn1.CCc1cc([C@@]2(c3cccc(-c4cncnc4)c3)N=C(N)N(C)C2=O)ccn1.CCc1cc([C@]2(c3cccc(-c4cncnc4)c3)N=C(N)N(C)C2=O)ccn1. The Kier molecular flexibility index (Phi) is 15.9. The molecule has 3 amide bonds. The molecule has 3 atom stereocenters. The zero-order valence-corrected chi connectivity index (χ0v) is 47.1. The van der Waals surface area contributed by atoms with E-state index in [4.69, 9.17) is 17.2 Å². The van der Waals surface area contributed by atoms with Crippen molar-refractivity contribution >= 4 is 35.6 Å². The second-order valence-electron chi connectivity index (χ2n) is 19.9. The first-order valence-corrected chi connectivity index (χ1v) is 27.0. The second-order valence-corrected chi connectivity index (χ2v) is 19.9. The molecule has 21 nitrogen and oxygen atoms in total. The minimum atomic E-state index is -1.24. The number of carbonyl (C=O) groups excluding carboxylic acids is 3. The molecule has 21 heteroatoms. The fraction of sp³-hybridized carbons (Fsp3) is 0.190. The van der Waals surface area contributed by atoms with Crippen molar-refractivity contribution < 1.29 is 14.4 Å². The first-order valence-electron chi connectivity index (χ1n) is 27.0. The van der Waals surface area contributed by atoms with Crippen molar-refractivity contribution in [3.8, 4) is 33.4 Å². The highest BCUT2D eigenvalue weighted by atomic mass is 16.2. The number of aromatic nitrogens is 9. The van der Waals surface area contributed by atoms with E-state index in [9.17, 15) is 14.4 Å². The van der Waals surface area contributed by atoms with Gasteiger partial charge in [-0.15, -0.1) is 0 Å². The lowest BCUT2D eigenvalue weighted by Crippen LogP contribution is -2.41. The number of hydrogen-bond donors (Lipinski definition) is 3. The van der Waals surface area contributed by atoms with Crippen LogP contribution in [0.25, 0.3) is 33.4 Å². The molecule has 3 aliphatic rings. The number of benzene rings is 3. The van der Waals surface area contributed by atoms with E-state index >= 15 is 0 Å². The van der Waals surface area contributed by atoms with Gasteiger partial charge in [-0.25, -0.2) is 44.9 Å². The highest BCUT2D eigenvalue weighted by Crippen LogP contribution is 2.44. The van der Waals surface area contributed by atoms with Crippen LogP contribution in [0.4, 0.5) is 0 Å². The molecule has 6 aromatic heterocycles. The van der Waals surface area contributed by atoms with Gasteiger partial charge >= 0.3 is 0 Å². The first-order chi connectivity index (χ1) is 40.7. The summed E-state index contributed by atoms with van der Waals surface area (Å²) in [7, 11) is 4.92. The van der Waals surface area contributed by atoms with Gasteiger partial charge in [0.1, 0.15) is 19.0 Å². The van der Waals surface area contributed by atoms with Crippen molar-refractivity contribution in [1.82, 2.24) is 59.6 Å². The maximum absolute atomic E-state index is 13.4. The van der Waals surface area contributed by atoms with E-state index in [0.29, 0.717) is 0 Å². The second kappa shape index (κ2) is 23.7. The van der Waals surface area contributed by atoms with E-state index in [-0.39, 0.29) is 35.6 Å². The summed E-state index contributed by atoms with van der Waals surface area (Å²) in [5.41, 5.74) is 26.9. The molecule has 0 fully saturated rings. The molecule has 0 saturated carbocycles. The molecular formula is C63H60N18O3. The Morgan fingerprint density at radius 3 is 0.833 bits per heavy atom. The molecule has 9 heterocycles. The van der Waals surface area contributed by atoms with E-state index in [0.717, 1.165) is 103 Å². The number of amides is 3. The molecule has 0 bridgehead atoms. The minimum Gasteiger partial charge on any atom is -0.369 e. The quantitative estimate of drug-likeness (QED) is 0.119. The van der Waals surface area contributed by atoms with Gasteiger partial charge in [0, 0.05) is 111 Å². The van der Waals surface area contributed by atoms with Gasteiger partial charge in [-0.3, -0.25) is 44.0 Å². The maximum Gasteiger partial charge on any atom is 0.266 e. The third-order valence-electron chi connectivity index (χ3n) is 15.0. The number of nitrogens with two attached hydrogens (primary N) is 3. The molecule has 0 radical (unpaired) electrons. The Balaban J connectivity index is 0.000000140. The number of aryl methyl sites for hydroxylation is 3. The number of pyridine rings is 3. The number of aliphatic imine (C=N–C) groups is 3. The average molecular weight is 1120 g/mol. The van der Waals surface area contributed by atoms with Crippen molar-refractivity contribution in [3.05, 3.63) is 234 Å². The number of likely N-dealkylation sites (N-methyl/N-ethyl adjacent to an activating group) is 3. The van der Waals surface area contributed by atoms with Crippen LogP contribution >= 0.6 is 0 Å². The number of hydrogen-bond acceptors (Lipinski definition) is 18. The van der Waals surface area contributed by atoms with Gasteiger partial charge in [-0.1, -0.05) is 75.4 Å². The molecule has 12 rings (SSSR count). The summed E-state index contributed by atoms with van der Waals surface area (Å²) in [4.78, 5) is 95.8. The van der Waals surface area contributed by atoms with Crippen molar-refractivity contribution in [2.45, 2.75) is 56.7 Å². The predicted molar refractivity (Wildman–Crippen MR) is 319 cm³/mol. The summed E-state index contributed by atoms with van der Waals surface area (Å²) in [6.07, 6.45) is 22.3. The molecule has 84 heavy (non-hydrogen) atoms. The van der Waals surface area contributed by atoms with Crippen LogP contribution in [0.15, 0.2) is 199 Å². The molecular weight excluding hydrogens is 1060 g/mol. The number of carbonyl (C=O) groups is 3. The van der Waals surface area contributed by atoms with Crippen molar-refractivity contribution in [2.24, 2.45) is 32.2 Å². The van der Waals surface area contributed by atoms with E-state index in [1.165, 1.54) is 33.7 Å². The Hall–Kier alpha value is -10.8. The highest BCUT2D eigenvalue weighted by molar-refractivity contribution is 6.11. The highest BCUT2D eigenvalue weighted by Gasteiger charge is 2.52. The van der Waals surface area contributed by atoms with E-state index in [1.807, 2.05) is 130 Å². The summed E-state index contributed by atoms with van der Waals surface area (Å²) in [6, 6.07) is 34.3. The van der Waals surface area contributed by atoms with Crippen LogP contribution in [0.5, 0.6) is 0 Å². The smallest absolute Gasteiger partial charge is 0.266 e. The molecule has 0 saturated heterocycles. The molecule has 6 N–H and O–H groups in total. The number of guanidine groups is 3. The Labute approximate surface area is 485 Å². The van der Waals surface area contributed by atoms with Crippen LogP contribution in [0, 0.1) is 0 Å². The monoisotopic (exact) mass is 1120 g/mol. The summed E-state index contributed by atoms with van der Waals surface area (Å²) in [5.74, 6) is -0.0194.